The maximum absolute atomic E-state index is 12.8. The first-order chi connectivity index (χ1) is 12.7. The molecule has 2 aliphatic rings. The Morgan fingerprint density at radius 2 is 1.88 bits per heavy atom. The van der Waals surface area contributed by atoms with Gasteiger partial charge in [0.1, 0.15) is 13.2 Å². The third-order valence-electron chi connectivity index (χ3n) is 4.90. The van der Waals surface area contributed by atoms with Gasteiger partial charge in [0.15, 0.2) is 11.5 Å². The molecule has 2 aliphatic heterocycles. The van der Waals surface area contributed by atoms with Gasteiger partial charge in [0, 0.05) is 23.9 Å². The molecule has 0 bridgehead atoms. The number of ether oxygens (including phenoxy) is 3. The third-order valence-corrected chi connectivity index (χ3v) is 4.90. The van der Waals surface area contributed by atoms with Gasteiger partial charge in [-0.1, -0.05) is 0 Å². The molecular formula is C20H22N2O4. The average Bonchev–Trinajstić information content (AvgIpc) is 3.08. The van der Waals surface area contributed by atoms with E-state index in [0.717, 1.165) is 12.0 Å². The Morgan fingerprint density at radius 3 is 2.65 bits per heavy atom. The van der Waals surface area contributed by atoms with Gasteiger partial charge < -0.3 is 19.5 Å². The van der Waals surface area contributed by atoms with E-state index in [0.29, 0.717) is 43.5 Å². The van der Waals surface area contributed by atoms with E-state index >= 15 is 0 Å². The number of rotatable bonds is 4. The van der Waals surface area contributed by atoms with Crippen molar-refractivity contribution in [1.82, 2.24) is 10.3 Å². The quantitative estimate of drug-likeness (QED) is 0.911. The first-order valence-corrected chi connectivity index (χ1v) is 8.88. The predicted molar refractivity (Wildman–Crippen MR) is 95.7 cm³/mol. The van der Waals surface area contributed by atoms with Crippen LogP contribution in [0.25, 0.3) is 0 Å². The number of amides is 1. The van der Waals surface area contributed by atoms with Crippen molar-refractivity contribution in [3.63, 3.8) is 0 Å². The van der Waals surface area contributed by atoms with Crippen molar-refractivity contribution in [3.8, 4) is 11.5 Å². The van der Waals surface area contributed by atoms with Gasteiger partial charge in [0.2, 0.25) is 0 Å². The summed E-state index contributed by atoms with van der Waals surface area (Å²) >= 11 is 0. The number of benzene rings is 1. The van der Waals surface area contributed by atoms with Gasteiger partial charge >= 0.3 is 0 Å². The van der Waals surface area contributed by atoms with Crippen LogP contribution in [-0.2, 0) is 11.2 Å². The molecule has 26 heavy (non-hydrogen) atoms. The second-order valence-electron chi connectivity index (χ2n) is 6.75. The lowest BCUT2D eigenvalue weighted by Crippen LogP contribution is -2.40. The number of carbonyl (C=O) groups excluding carboxylic acids is 1. The number of aryl methyl sites for hydroxylation is 1. The summed E-state index contributed by atoms with van der Waals surface area (Å²) in [6.07, 6.45) is 4.43. The van der Waals surface area contributed by atoms with Gasteiger partial charge in [0.25, 0.3) is 5.91 Å². The van der Waals surface area contributed by atoms with Crippen LogP contribution in [0.1, 0.15) is 21.5 Å². The van der Waals surface area contributed by atoms with Gasteiger partial charge in [-0.05, 0) is 48.7 Å². The fourth-order valence-corrected chi connectivity index (χ4v) is 3.46. The van der Waals surface area contributed by atoms with Crippen molar-refractivity contribution < 1.29 is 19.0 Å². The van der Waals surface area contributed by atoms with Gasteiger partial charge in [-0.3, -0.25) is 9.78 Å². The number of nitrogens with one attached hydrogen (secondary N) is 1. The molecule has 0 spiro atoms. The lowest BCUT2D eigenvalue weighted by molar-refractivity contribution is 0.0923. The average molecular weight is 354 g/mol. The fourth-order valence-electron chi connectivity index (χ4n) is 3.46. The number of hydrogen-bond acceptors (Lipinski definition) is 5. The molecule has 4 rings (SSSR count). The molecule has 0 radical (unpaired) electrons. The van der Waals surface area contributed by atoms with Gasteiger partial charge in [0.05, 0.1) is 19.3 Å². The standard InChI is InChI=1S/C20H22N2O4/c1-13-8-18-19(26-7-6-25-18)10-16(13)20(23)22-17-12-24-11-15(17)9-14-2-4-21-5-3-14/h2-5,8,10,15,17H,6-7,9,11-12H2,1H3,(H,22,23)/t15-,17-/m1/s1. The van der Waals surface area contributed by atoms with E-state index in [1.807, 2.05) is 25.1 Å². The number of hydrogen-bond donors (Lipinski definition) is 1. The van der Waals surface area contributed by atoms with Crippen LogP contribution in [0.3, 0.4) is 0 Å². The summed E-state index contributed by atoms with van der Waals surface area (Å²) in [7, 11) is 0. The van der Waals surface area contributed by atoms with Crippen LogP contribution in [0.15, 0.2) is 36.7 Å². The summed E-state index contributed by atoms with van der Waals surface area (Å²) in [5.74, 6) is 1.47. The highest BCUT2D eigenvalue weighted by Crippen LogP contribution is 2.33. The van der Waals surface area contributed by atoms with Crippen molar-refractivity contribution in [1.29, 1.82) is 0 Å². The van der Waals surface area contributed by atoms with E-state index < -0.39 is 0 Å². The molecule has 2 atom stereocenters. The Kier molecular flexibility index (Phi) is 4.75. The Morgan fingerprint density at radius 1 is 1.15 bits per heavy atom. The SMILES string of the molecule is Cc1cc2c(cc1C(=O)N[C@@H]1COC[C@H]1Cc1ccncc1)OCCO2. The lowest BCUT2D eigenvalue weighted by Gasteiger charge is -2.22. The number of nitrogens with zero attached hydrogens (tertiary/aromatic N) is 1. The normalized spacial score (nSPS) is 21.4. The minimum Gasteiger partial charge on any atom is -0.486 e. The molecule has 0 unspecified atom stereocenters. The summed E-state index contributed by atoms with van der Waals surface area (Å²) in [5, 5.41) is 3.14. The molecule has 3 heterocycles. The fraction of sp³-hybridized carbons (Fsp3) is 0.400. The monoisotopic (exact) mass is 354 g/mol. The zero-order chi connectivity index (χ0) is 17.9. The zero-order valence-electron chi connectivity index (χ0n) is 14.7. The smallest absolute Gasteiger partial charge is 0.251 e. The van der Waals surface area contributed by atoms with E-state index in [-0.39, 0.29) is 17.9 Å². The molecular weight excluding hydrogens is 332 g/mol. The topological polar surface area (TPSA) is 69.7 Å². The Labute approximate surface area is 152 Å². The summed E-state index contributed by atoms with van der Waals surface area (Å²) in [6.45, 7) is 4.13. The highest BCUT2D eigenvalue weighted by Gasteiger charge is 2.30. The minimum absolute atomic E-state index is 0.0109. The molecule has 1 aromatic carbocycles. The van der Waals surface area contributed by atoms with Crippen LogP contribution in [0.4, 0.5) is 0 Å². The van der Waals surface area contributed by atoms with Crippen LogP contribution in [0.2, 0.25) is 0 Å². The summed E-state index contributed by atoms with van der Waals surface area (Å²) in [5.41, 5.74) is 2.69. The Bertz CT molecular complexity index is 794. The molecule has 1 aromatic heterocycles. The van der Waals surface area contributed by atoms with Crippen molar-refractivity contribution in [2.24, 2.45) is 5.92 Å². The highest BCUT2D eigenvalue weighted by atomic mass is 16.6. The molecule has 136 valence electrons. The molecule has 1 fully saturated rings. The number of fused-ring (bicyclic) bond motifs is 1. The van der Waals surface area contributed by atoms with Crippen LogP contribution in [-0.4, -0.2) is 43.4 Å². The Hall–Kier alpha value is -2.60. The third kappa shape index (κ3) is 3.51. The van der Waals surface area contributed by atoms with Crippen LogP contribution < -0.4 is 14.8 Å². The van der Waals surface area contributed by atoms with E-state index in [1.165, 1.54) is 5.56 Å². The number of carbonyl (C=O) groups is 1. The largest absolute Gasteiger partial charge is 0.486 e. The first-order valence-electron chi connectivity index (χ1n) is 8.88. The summed E-state index contributed by atoms with van der Waals surface area (Å²) < 4.78 is 16.8. The summed E-state index contributed by atoms with van der Waals surface area (Å²) in [4.78, 5) is 16.9. The summed E-state index contributed by atoms with van der Waals surface area (Å²) in [6, 6.07) is 7.63. The molecule has 2 aromatic rings. The van der Waals surface area contributed by atoms with Crippen molar-refractivity contribution in [3.05, 3.63) is 53.3 Å². The van der Waals surface area contributed by atoms with E-state index in [4.69, 9.17) is 14.2 Å². The van der Waals surface area contributed by atoms with E-state index in [1.54, 1.807) is 18.5 Å². The van der Waals surface area contributed by atoms with Crippen molar-refractivity contribution in [2.75, 3.05) is 26.4 Å². The second kappa shape index (κ2) is 7.33. The molecule has 1 saturated heterocycles. The second-order valence-corrected chi connectivity index (χ2v) is 6.75. The molecule has 6 heteroatoms. The molecule has 0 saturated carbocycles. The molecule has 1 N–H and O–H groups in total. The minimum atomic E-state index is -0.102. The maximum Gasteiger partial charge on any atom is 0.251 e. The molecule has 1 amide bonds. The highest BCUT2D eigenvalue weighted by molar-refractivity contribution is 5.96. The zero-order valence-corrected chi connectivity index (χ0v) is 14.7. The molecule has 6 nitrogen and oxygen atoms in total. The Balaban J connectivity index is 1.47. The maximum atomic E-state index is 12.8. The van der Waals surface area contributed by atoms with Crippen LogP contribution in [0.5, 0.6) is 11.5 Å². The van der Waals surface area contributed by atoms with Gasteiger partial charge in [-0.2, -0.15) is 0 Å². The van der Waals surface area contributed by atoms with E-state index in [9.17, 15) is 4.79 Å². The van der Waals surface area contributed by atoms with Gasteiger partial charge in [-0.15, -0.1) is 0 Å². The van der Waals surface area contributed by atoms with Crippen LogP contribution in [0, 0.1) is 12.8 Å². The number of aromatic nitrogens is 1. The van der Waals surface area contributed by atoms with Crippen molar-refractivity contribution >= 4 is 5.91 Å². The first kappa shape index (κ1) is 16.8. The lowest BCUT2D eigenvalue weighted by atomic mass is 9.95. The number of pyridine rings is 1. The van der Waals surface area contributed by atoms with E-state index in [2.05, 4.69) is 10.3 Å². The van der Waals surface area contributed by atoms with Gasteiger partial charge in [-0.25, -0.2) is 0 Å². The predicted octanol–water partition coefficient (Wildman–Crippen LogP) is 2.15. The van der Waals surface area contributed by atoms with Crippen molar-refractivity contribution in [2.45, 2.75) is 19.4 Å². The molecule has 0 aliphatic carbocycles. The van der Waals surface area contributed by atoms with Crippen LogP contribution >= 0.6 is 0 Å².